The molecule has 1 atom stereocenters. The number of nitrogens with one attached hydrogen (secondary N) is 1. The second kappa shape index (κ2) is 6.54. The second-order valence-corrected chi connectivity index (χ2v) is 6.24. The van der Waals surface area contributed by atoms with E-state index >= 15 is 0 Å². The lowest BCUT2D eigenvalue weighted by Gasteiger charge is -2.19. The van der Waals surface area contributed by atoms with Crippen LogP contribution in [-0.2, 0) is 0 Å². The van der Waals surface area contributed by atoms with Crippen LogP contribution in [0.25, 0.3) is 10.9 Å². The lowest BCUT2D eigenvalue weighted by molar-refractivity contribution is 0.631. The number of benzene rings is 2. The molecule has 3 aromatic rings. The summed E-state index contributed by atoms with van der Waals surface area (Å²) < 4.78 is 1.26. The van der Waals surface area contributed by atoms with Crippen LogP contribution < -0.4 is 5.32 Å². The zero-order chi connectivity index (χ0) is 14.7. The molecule has 1 N–H and O–H groups in total. The molecule has 0 saturated heterocycles. The first-order chi connectivity index (χ1) is 10.3. The maximum Gasteiger partial charge on any atom is 0.0705 e. The van der Waals surface area contributed by atoms with Crippen molar-refractivity contribution in [3.05, 3.63) is 75.5 Å². The number of hydrogen-bond acceptors (Lipinski definition) is 2. The second-order valence-electron chi connectivity index (χ2n) is 5.00. The highest BCUT2D eigenvalue weighted by atomic mass is 127. The van der Waals surface area contributed by atoms with Gasteiger partial charge in [-0.2, -0.15) is 0 Å². The minimum absolute atomic E-state index is 0.207. The monoisotopic (exact) mass is 388 g/mol. The molecule has 3 rings (SSSR count). The molecule has 0 aliphatic rings. The standard InChI is InChI=1S/C18H17IN2/c1-2-20-18(14-7-9-16(19)10-8-14)15-6-5-13-4-3-11-21-17(13)12-15/h3-12,18,20H,2H2,1H3. The average molecular weight is 388 g/mol. The van der Waals surface area contributed by atoms with Gasteiger partial charge in [0.1, 0.15) is 0 Å². The Balaban J connectivity index is 2.04. The average Bonchev–Trinajstić information content (AvgIpc) is 2.53. The van der Waals surface area contributed by atoms with Crippen LogP contribution in [0.4, 0.5) is 0 Å². The van der Waals surface area contributed by atoms with Gasteiger partial charge < -0.3 is 5.32 Å². The molecule has 106 valence electrons. The fraction of sp³-hybridized carbons (Fsp3) is 0.167. The quantitative estimate of drug-likeness (QED) is 0.664. The molecule has 0 radical (unpaired) electrons. The van der Waals surface area contributed by atoms with Crippen molar-refractivity contribution < 1.29 is 0 Å². The van der Waals surface area contributed by atoms with E-state index in [1.807, 2.05) is 12.3 Å². The van der Waals surface area contributed by atoms with Crippen LogP contribution in [0.2, 0.25) is 0 Å². The third-order valence-corrected chi connectivity index (χ3v) is 4.29. The topological polar surface area (TPSA) is 24.9 Å². The Morgan fingerprint density at radius 3 is 2.57 bits per heavy atom. The van der Waals surface area contributed by atoms with Gasteiger partial charge in [-0.1, -0.05) is 37.3 Å². The number of nitrogens with zero attached hydrogens (tertiary/aromatic N) is 1. The molecule has 1 aromatic heterocycles. The SMILES string of the molecule is CCNC(c1ccc(I)cc1)c1ccc2cccnc2c1. The smallest absolute Gasteiger partial charge is 0.0705 e. The highest BCUT2D eigenvalue weighted by Crippen LogP contribution is 2.25. The van der Waals surface area contributed by atoms with Gasteiger partial charge >= 0.3 is 0 Å². The van der Waals surface area contributed by atoms with Crippen molar-refractivity contribution in [2.45, 2.75) is 13.0 Å². The summed E-state index contributed by atoms with van der Waals surface area (Å²) in [5.41, 5.74) is 3.58. The van der Waals surface area contributed by atoms with Crippen molar-refractivity contribution in [2.24, 2.45) is 0 Å². The Kier molecular flexibility index (Phi) is 4.51. The summed E-state index contributed by atoms with van der Waals surface area (Å²) in [5.74, 6) is 0. The summed E-state index contributed by atoms with van der Waals surface area (Å²) in [6.45, 7) is 3.07. The lowest BCUT2D eigenvalue weighted by Crippen LogP contribution is -2.21. The minimum Gasteiger partial charge on any atom is -0.307 e. The summed E-state index contributed by atoms with van der Waals surface area (Å²) in [4.78, 5) is 4.46. The maximum atomic E-state index is 4.46. The minimum atomic E-state index is 0.207. The Bertz CT molecular complexity index is 738. The fourth-order valence-electron chi connectivity index (χ4n) is 2.55. The van der Waals surface area contributed by atoms with E-state index in [1.54, 1.807) is 0 Å². The van der Waals surface area contributed by atoms with Crippen LogP contribution in [-0.4, -0.2) is 11.5 Å². The largest absolute Gasteiger partial charge is 0.307 e. The number of hydrogen-bond donors (Lipinski definition) is 1. The van der Waals surface area contributed by atoms with Crippen molar-refractivity contribution in [1.29, 1.82) is 0 Å². The molecule has 2 aromatic carbocycles. The number of pyridine rings is 1. The number of rotatable bonds is 4. The fourth-order valence-corrected chi connectivity index (χ4v) is 2.91. The highest BCUT2D eigenvalue weighted by molar-refractivity contribution is 14.1. The lowest BCUT2D eigenvalue weighted by atomic mass is 9.97. The van der Waals surface area contributed by atoms with Gasteiger partial charge in [0.25, 0.3) is 0 Å². The first-order valence-electron chi connectivity index (χ1n) is 7.11. The van der Waals surface area contributed by atoms with Gasteiger partial charge in [-0.3, -0.25) is 4.98 Å². The maximum absolute atomic E-state index is 4.46. The van der Waals surface area contributed by atoms with E-state index in [0.29, 0.717) is 0 Å². The summed E-state index contributed by atoms with van der Waals surface area (Å²) in [7, 11) is 0. The van der Waals surface area contributed by atoms with Crippen molar-refractivity contribution in [1.82, 2.24) is 10.3 Å². The van der Waals surface area contributed by atoms with Crippen LogP contribution in [0.15, 0.2) is 60.8 Å². The molecule has 1 heterocycles. The van der Waals surface area contributed by atoms with Crippen LogP contribution in [0.1, 0.15) is 24.1 Å². The van der Waals surface area contributed by atoms with Crippen molar-refractivity contribution >= 4 is 33.5 Å². The van der Waals surface area contributed by atoms with Gasteiger partial charge in [-0.25, -0.2) is 0 Å². The molecule has 0 saturated carbocycles. The summed E-state index contributed by atoms with van der Waals surface area (Å²) in [6, 6.07) is 19.5. The van der Waals surface area contributed by atoms with E-state index < -0.39 is 0 Å². The molecule has 0 fully saturated rings. The zero-order valence-corrected chi connectivity index (χ0v) is 14.0. The van der Waals surface area contributed by atoms with Gasteiger partial charge in [0.15, 0.2) is 0 Å². The van der Waals surface area contributed by atoms with Gasteiger partial charge in [0, 0.05) is 15.2 Å². The van der Waals surface area contributed by atoms with E-state index in [1.165, 1.54) is 20.1 Å². The van der Waals surface area contributed by atoms with E-state index in [4.69, 9.17) is 0 Å². The first-order valence-corrected chi connectivity index (χ1v) is 8.19. The predicted octanol–water partition coefficient (Wildman–Crippen LogP) is 4.54. The normalized spacial score (nSPS) is 12.5. The first kappa shape index (κ1) is 14.5. The van der Waals surface area contributed by atoms with Crippen molar-refractivity contribution in [2.75, 3.05) is 6.54 Å². The molecular weight excluding hydrogens is 371 g/mol. The molecular formula is C18H17IN2. The Labute approximate surface area is 138 Å². The van der Waals surface area contributed by atoms with Gasteiger partial charge in [-0.15, -0.1) is 0 Å². The van der Waals surface area contributed by atoms with Gasteiger partial charge in [0.05, 0.1) is 11.6 Å². The molecule has 0 aliphatic carbocycles. The summed E-state index contributed by atoms with van der Waals surface area (Å²) >= 11 is 2.34. The van der Waals surface area contributed by atoms with E-state index in [0.717, 1.165) is 12.1 Å². The third kappa shape index (κ3) is 3.24. The molecule has 0 aliphatic heterocycles. The number of fused-ring (bicyclic) bond motifs is 1. The van der Waals surface area contributed by atoms with Crippen molar-refractivity contribution in [3.8, 4) is 0 Å². The molecule has 0 spiro atoms. The van der Waals surface area contributed by atoms with Crippen LogP contribution in [0.3, 0.4) is 0 Å². The zero-order valence-electron chi connectivity index (χ0n) is 11.9. The van der Waals surface area contributed by atoms with E-state index in [2.05, 4.69) is 88.3 Å². The summed E-state index contributed by atoms with van der Waals surface area (Å²) in [5, 5.41) is 4.75. The Hall–Kier alpha value is -1.46. The van der Waals surface area contributed by atoms with Gasteiger partial charge in [0.2, 0.25) is 0 Å². The molecule has 21 heavy (non-hydrogen) atoms. The van der Waals surface area contributed by atoms with E-state index in [9.17, 15) is 0 Å². The molecule has 2 nitrogen and oxygen atoms in total. The predicted molar refractivity (Wildman–Crippen MR) is 96.4 cm³/mol. The molecule has 0 bridgehead atoms. The molecule has 1 unspecified atom stereocenters. The van der Waals surface area contributed by atoms with Crippen LogP contribution >= 0.6 is 22.6 Å². The van der Waals surface area contributed by atoms with Gasteiger partial charge in [-0.05, 0) is 64.5 Å². The van der Waals surface area contributed by atoms with E-state index in [-0.39, 0.29) is 6.04 Å². The Morgan fingerprint density at radius 1 is 1.05 bits per heavy atom. The highest BCUT2D eigenvalue weighted by Gasteiger charge is 2.13. The summed E-state index contributed by atoms with van der Waals surface area (Å²) in [6.07, 6.45) is 1.85. The van der Waals surface area contributed by atoms with Crippen LogP contribution in [0.5, 0.6) is 0 Å². The third-order valence-electron chi connectivity index (χ3n) is 3.57. The number of halogens is 1. The van der Waals surface area contributed by atoms with Crippen LogP contribution in [0, 0.1) is 3.57 Å². The molecule has 3 heteroatoms. The number of aromatic nitrogens is 1. The molecule has 0 amide bonds. The Morgan fingerprint density at radius 2 is 1.81 bits per heavy atom. The van der Waals surface area contributed by atoms with Crippen molar-refractivity contribution in [3.63, 3.8) is 0 Å².